The Morgan fingerprint density at radius 1 is 1.36 bits per heavy atom. The number of hydrogen-bond acceptors (Lipinski definition) is 5. The Bertz CT molecular complexity index is 850. The predicted molar refractivity (Wildman–Crippen MR) is 84.6 cm³/mol. The number of rotatable bonds is 4. The van der Waals surface area contributed by atoms with Gasteiger partial charge in [-0.05, 0) is 26.0 Å². The van der Waals surface area contributed by atoms with Crippen LogP contribution in [-0.2, 0) is 21.5 Å². The molecule has 1 aliphatic rings. The minimum Gasteiger partial charge on any atom is -0.292 e. The maximum absolute atomic E-state index is 12.2. The molecule has 22 heavy (non-hydrogen) atoms. The lowest BCUT2D eigenvalue weighted by Crippen LogP contribution is -2.30. The highest BCUT2D eigenvalue weighted by molar-refractivity contribution is 7.98. The molecule has 0 fully saturated rings. The van der Waals surface area contributed by atoms with Gasteiger partial charge >= 0.3 is 0 Å². The first-order valence-electron chi connectivity index (χ1n) is 6.78. The van der Waals surface area contributed by atoms with Crippen molar-refractivity contribution >= 4 is 21.8 Å². The second kappa shape index (κ2) is 5.56. The van der Waals surface area contributed by atoms with Gasteiger partial charge in [-0.3, -0.25) is 9.89 Å². The number of aromatic amines is 1. The zero-order valence-electron chi connectivity index (χ0n) is 12.2. The van der Waals surface area contributed by atoms with Crippen LogP contribution in [0.2, 0.25) is 0 Å². The van der Waals surface area contributed by atoms with E-state index in [1.807, 2.05) is 0 Å². The molecule has 3 heterocycles. The summed E-state index contributed by atoms with van der Waals surface area (Å²) in [6, 6.07) is 2.77. The lowest BCUT2D eigenvalue weighted by Gasteiger charge is -2.09. The lowest BCUT2D eigenvalue weighted by molar-refractivity contribution is 0.569. The zero-order valence-corrected chi connectivity index (χ0v) is 13.8. The zero-order chi connectivity index (χ0) is 15.9. The van der Waals surface area contributed by atoms with Gasteiger partial charge in [-0.2, -0.15) is 11.8 Å². The Balaban J connectivity index is 1.94. The summed E-state index contributed by atoms with van der Waals surface area (Å²) in [7, 11) is -3.58. The van der Waals surface area contributed by atoms with Gasteiger partial charge in [0.1, 0.15) is 4.90 Å². The molecule has 0 unspecified atom stereocenters. The summed E-state index contributed by atoms with van der Waals surface area (Å²) >= 11 is 1.69. The monoisotopic (exact) mass is 340 g/mol. The van der Waals surface area contributed by atoms with Gasteiger partial charge in [-0.1, -0.05) is 0 Å². The molecule has 0 aromatic carbocycles. The van der Waals surface area contributed by atoms with Crippen molar-refractivity contribution in [3.05, 3.63) is 39.9 Å². The predicted octanol–water partition coefficient (Wildman–Crippen LogP) is 0.994. The maximum Gasteiger partial charge on any atom is 0.276 e. The Morgan fingerprint density at radius 3 is 2.73 bits per heavy atom. The highest BCUT2D eigenvalue weighted by Crippen LogP contribution is 2.26. The van der Waals surface area contributed by atoms with Crippen LogP contribution >= 0.6 is 11.8 Å². The first-order chi connectivity index (χ1) is 10.4. The first-order valence-corrected chi connectivity index (χ1v) is 9.41. The van der Waals surface area contributed by atoms with E-state index in [-0.39, 0.29) is 16.5 Å². The van der Waals surface area contributed by atoms with Crippen LogP contribution in [-0.4, -0.2) is 29.2 Å². The number of pyridine rings is 1. The number of nitrogens with zero attached hydrogens (tertiary/aromatic N) is 2. The molecule has 0 aliphatic carbocycles. The number of H-pyrrole nitrogens is 1. The minimum absolute atomic E-state index is 0.0765. The van der Waals surface area contributed by atoms with Crippen molar-refractivity contribution in [2.24, 2.45) is 0 Å². The molecular weight excluding hydrogens is 324 g/mol. The second-order valence-electron chi connectivity index (χ2n) is 5.33. The summed E-state index contributed by atoms with van der Waals surface area (Å²) in [6.07, 6.45) is 1.26. The molecule has 2 N–H and O–H groups in total. The van der Waals surface area contributed by atoms with Crippen LogP contribution in [0.15, 0.2) is 28.0 Å². The number of hydrogen-bond donors (Lipinski definition) is 2. The van der Waals surface area contributed by atoms with Crippen LogP contribution in [0.25, 0.3) is 5.82 Å². The molecule has 0 spiro atoms. The van der Waals surface area contributed by atoms with Gasteiger partial charge in [0.2, 0.25) is 10.0 Å². The van der Waals surface area contributed by atoms with Crippen molar-refractivity contribution in [3.63, 3.8) is 0 Å². The standard InChI is InChI=1S/C13H16N4O3S2/c1-8(2)16-22(19,20)9-3-4-12(14-5-9)17-13(18)10-6-21-7-11(10)15-17/h3-5,8,15-16H,6-7H2,1-2H3. The molecule has 1 aliphatic heterocycles. The topological polar surface area (TPSA) is 96.9 Å². The largest absolute Gasteiger partial charge is 0.292 e. The molecule has 0 bridgehead atoms. The summed E-state index contributed by atoms with van der Waals surface area (Å²) in [5.74, 6) is 1.86. The first kappa shape index (κ1) is 15.3. The van der Waals surface area contributed by atoms with Crippen LogP contribution in [0.1, 0.15) is 25.1 Å². The molecule has 0 atom stereocenters. The van der Waals surface area contributed by atoms with E-state index in [4.69, 9.17) is 0 Å². The van der Waals surface area contributed by atoms with E-state index >= 15 is 0 Å². The third-order valence-corrected chi connectivity index (χ3v) is 5.85. The van der Waals surface area contributed by atoms with Crippen molar-refractivity contribution in [1.82, 2.24) is 19.5 Å². The summed E-state index contributed by atoms with van der Waals surface area (Å²) in [4.78, 5) is 16.4. The SMILES string of the molecule is CC(C)NS(=O)(=O)c1ccc(-n2[nH]c3c(c2=O)CSC3)nc1. The molecule has 0 saturated carbocycles. The number of thioether (sulfide) groups is 1. The van der Waals surface area contributed by atoms with E-state index in [2.05, 4.69) is 14.8 Å². The van der Waals surface area contributed by atoms with Gasteiger partial charge in [-0.25, -0.2) is 22.8 Å². The van der Waals surface area contributed by atoms with Gasteiger partial charge in [0.25, 0.3) is 5.56 Å². The molecule has 2 aromatic rings. The van der Waals surface area contributed by atoms with Crippen LogP contribution in [0.4, 0.5) is 0 Å². The fourth-order valence-electron chi connectivity index (χ4n) is 2.24. The normalized spacial score (nSPS) is 14.5. The quantitative estimate of drug-likeness (QED) is 0.865. The second-order valence-corrected chi connectivity index (χ2v) is 8.03. The molecule has 0 saturated heterocycles. The third kappa shape index (κ3) is 2.71. The van der Waals surface area contributed by atoms with E-state index in [1.165, 1.54) is 23.0 Å². The van der Waals surface area contributed by atoms with Gasteiger partial charge in [-0.15, -0.1) is 0 Å². The number of nitrogens with one attached hydrogen (secondary N) is 2. The summed E-state index contributed by atoms with van der Waals surface area (Å²) < 4.78 is 27.9. The average molecular weight is 340 g/mol. The maximum atomic E-state index is 12.2. The Hall–Kier alpha value is -1.58. The van der Waals surface area contributed by atoms with Gasteiger partial charge in [0.05, 0.1) is 11.3 Å². The Kier molecular flexibility index (Phi) is 3.87. The lowest BCUT2D eigenvalue weighted by atomic mass is 10.3. The van der Waals surface area contributed by atoms with E-state index in [0.29, 0.717) is 11.6 Å². The van der Waals surface area contributed by atoms with Gasteiger partial charge < -0.3 is 0 Å². The Labute approximate surface area is 132 Å². The van der Waals surface area contributed by atoms with Crippen molar-refractivity contribution < 1.29 is 8.42 Å². The molecule has 118 valence electrons. The van der Waals surface area contributed by atoms with Gasteiger partial charge in [0, 0.05) is 23.7 Å². The third-order valence-electron chi connectivity index (χ3n) is 3.22. The average Bonchev–Trinajstić information content (AvgIpc) is 3.01. The number of sulfonamides is 1. The fourth-order valence-corrected chi connectivity index (χ4v) is 4.49. The summed E-state index contributed by atoms with van der Waals surface area (Å²) in [5.41, 5.74) is 1.56. The molecule has 9 heteroatoms. The molecule has 0 radical (unpaired) electrons. The highest BCUT2D eigenvalue weighted by atomic mass is 32.2. The molecule has 0 amide bonds. The van der Waals surface area contributed by atoms with Crippen LogP contribution < -0.4 is 10.3 Å². The van der Waals surface area contributed by atoms with Crippen LogP contribution in [0.5, 0.6) is 0 Å². The fraction of sp³-hybridized carbons (Fsp3) is 0.385. The number of fused-ring (bicyclic) bond motifs is 1. The van der Waals surface area contributed by atoms with Gasteiger partial charge in [0.15, 0.2) is 5.82 Å². The Morgan fingerprint density at radius 2 is 2.14 bits per heavy atom. The highest BCUT2D eigenvalue weighted by Gasteiger charge is 2.21. The van der Waals surface area contributed by atoms with Crippen molar-refractivity contribution in [3.8, 4) is 5.82 Å². The number of aromatic nitrogens is 3. The minimum atomic E-state index is -3.58. The van der Waals surface area contributed by atoms with E-state index in [0.717, 1.165) is 17.0 Å². The summed E-state index contributed by atoms with van der Waals surface area (Å²) in [6.45, 7) is 3.49. The van der Waals surface area contributed by atoms with Crippen LogP contribution in [0.3, 0.4) is 0 Å². The van der Waals surface area contributed by atoms with Crippen LogP contribution in [0, 0.1) is 0 Å². The summed E-state index contributed by atoms with van der Waals surface area (Å²) in [5, 5.41) is 3.02. The molecule has 3 rings (SSSR count). The molecule has 2 aromatic heterocycles. The van der Waals surface area contributed by atoms with E-state index < -0.39 is 10.0 Å². The van der Waals surface area contributed by atoms with E-state index in [9.17, 15) is 13.2 Å². The van der Waals surface area contributed by atoms with E-state index in [1.54, 1.807) is 25.6 Å². The molecule has 7 nitrogen and oxygen atoms in total. The smallest absolute Gasteiger partial charge is 0.276 e. The molecular formula is C13H16N4O3S2. The van der Waals surface area contributed by atoms with Crippen molar-refractivity contribution in [1.29, 1.82) is 0 Å². The van der Waals surface area contributed by atoms with Crippen molar-refractivity contribution in [2.75, 3.05) is 0 Å². The van der Waals surface area contributed by atoms with Crippen molar-refractivity contribution in [2.45, 2.75) is 36.3 Å².